The second-order valence-corrected chi connectivity index (χ2v) is 7.01. The van der Waals surface area contributed by atoms with Crippen LogP contribution in [0.4, 0.5) is 0 Å². The molecule has 1 aliphatic rings. The van der Waals surface area contributed by atoms with Crippen molar-refractivity contribution in [1.82, 2.24) is 0 Å². The van der Waals surface area contributed by atoms with E-state index in [1.807, 2.05) is 24.3 Å². The lowest BCUT2D eigenvalue weighted by atomic mass is 9.97. The van der Waals surface area contributed by atoms with Gasteiger partial charge in [-0.3, -0.25) is 0 Å². The highest BCUT2D eigenvalue weighted by Crippen LogP contribution is 2.49. The summed E-state index contributed by atoms with van der Waals surface area (Å²) in [6.45, 7) is 0.614. The molecule has 1 aliphatic heterocycles. The summed E-state index contributed by atoms with van der Waals surface area (Å²) in [5.74, 6) is 0. The van der Waals surface area contributed by atoms with E-state index in [1.165, 1.54) is 0 Å². The maximum Gasteiger partial charge on any atom is 0.193 e. The van der Waals surface area contributed by atoms with Crippen molar-refractivity contribution in [2.75, 3.05) is 6.61 Å². The normalized spacial score (nSPS) is 25.3. The number of benzene rings is 1. The van der Waals surface area contributed by atoms with E-state index < -0.39 is 9.39 Å². The lowest BCUT2D eigenvalue weighted by molar-refractivity contribution is 0.295. The first kappa shape index (κ1) is 12.0. The SMILES string of the molecule is ClC(Cl)(Cl)CC1(c2ccc(Br)cc2)CO1. The zero-order valence-corrected chi connectivity index (χ0v) is 11.5. The number of halogens is 4. The molecule has 0 N–H and O–H groups in total. The quantitative estimate of drug-likeness (QED) is 0.577. The van der Waals surface area contributed by atoms with Gasteiger partial charge in [-0.1, -0.05) is 62.9 Å². The van der Waals surface area contributed by atoms with Gasteiger partial charge in [0.15, 0.2) is 3.79 Å². The van der Waals surface area contributed by atoms with E-state index >= 15 is 0 Å². The van der Waals surface area contributed by atoms with Crippen LogP contribution in [0.1, 0.15) is 12.0 Å². The molecule has 0 radical (unpaired) electrons. The summed E-state index contributed by atoms with van der Waals surface area (Å²) >= 11 is 20.7. The van der Waals surface area contributed by atoms with Gasteiger partial charge in [0, 0.05) is 10.9 Å². The Labute approximate surface area is 112 Å². The standard InChI is InChI=1S/C10H8BrCl3O/c11-8-3-1-7(2-4-8)9(6-15-9)5-10(12,13)14/h1-4H,5-6H2. The number of rotatable bonds is 2. The van der Waals surface area contributed by atoms with Gasteiger partial charge in [-0.25, -0.2) is 0 Å². The lowest BCUT2D eigenvalue weighted by Crippen LogP contribution is -2.18. The second-order valence-electron chi connectivity index (χ2n) is 3.58. The minimum Gasteiger partial charge on any atom is -0.364 e. The molecule has 0 aromatic heterocycles. The Kier molecular flexibility index (Phi) is 3.26. The van der Waals surface area contributed by atoms with Crippen molar-refractivity contribution in [1.29, 1.82) is 0 Å². The van der Waals surface area contributed by atoms with Crippen molar-refractivity contribution in [3.8, 4) is 0 Å². The summed E-state index contributed by atoms with van der Waals surface area (Å²) in [6.07, 6.45) is 0.381. The molecule has 1 heterocycles. The topological polar surface area (TPSA) is 12.5 Å². The number of hydrogen-bond donors (Lipinski definition) is 0. The molecule has 1 aromatic rings. The Morgan fingerprint density at radius 2 is 1.80 bits per heavy atom. The number of epoxide rings is 1. The van der Waals surface area contributed by atoms with E-state index in [0.717, 1.165) is 10.0 Å². The third kappa shape index (κ3) is 3.01. The highest BCUT2D eigenvalue weighted by atomic mass is 79.9. The Morgan fingerprint density at radius 3 is 2.20 bits per heavy atom. The molecule has 1 saturated heterocycles. The van der Waals surface area contributed by atoms with Crippen LogP contribution in [0.3, 0.4) is 0 Å². The van der Waals surface area contributed by atoms with Crippen LogP contribution in [0.5, 0.6) is 0 Å². The minimum atomic E-state index is -1.27. The van der Waals surface area contributed by atoms with Crippen molar-refractivity contribution in [3.05, 3.63) is 34.3 Å². The minimum absolute atomic E-state index is 0.381. The third-order valence-corrected chi connectivity index (χ3v) is 3.28. The van der Waals surface area contributed by atoms with Crippen molar-refractivity contribution in [2.24, 2.45) is 0 Å². The molecular formula is C10H8BrCl3O. The molecule has 0 spiro atoms. The maximum atomic E-state index is 5.78. The van der Waals surface area contributed by atoms with Gasteiger partial charge >= 0.3 is 0 Å². The predicted octanol–water partition coefficient (Wildman–Crippen LogP) is 4.43. The van der Waals surface area contributed by atoms with Gasteiger partial charge in [0.05, 0.1) is 6.61 Å². The second kappa shape index (κ2) is 4.08. The lowest BCUT2D eigenvalue weighted by Gasteiger charge is -2.17. The Bertz CT molecular complexity index is 354. The Hall–Kier alpha value is 0.530. The van der Waals surface area contributed by atoms with Gasteiger partial charge in [0.1, 0.15) is 5.60 Å². The highest BCUT2D eigenvalue weighted by Gasteiger charge is 2.51. The first-order chi connectivity index (χ1) is 6.91. The predicted molar refractivity (Wildman–Crippen MR) is 66.7 cm³/mol. The fourth-order valence-corrected chi connectivity index (χ4v) is 2.45. The largest absolute Gasteiger partial charge is 0.364 e. The zero-order valence-electron chi connectivity index (χ0n) is 7.64. The molecule has 1 fully saturated rings. The van der Waals surface area contributed by atoms with Gasteiger partial charge in [-0.05, 0) is 17.7 Å². The molecule has 0 amide bonds. The van der Waals surface area contributed by atoms with Crippen LogP contribution >= 0.6 is 50.7 Å². The molecule has 15 heavy (non-hydrogen) atoms. The van der Waals surface area contributed by atoms with E-state index in [0.29, 0.717) is 13.0 Å². The molecule has 2 rings (SSSR count). The number of alkyl halides is 3. The molecule has 1 aromatic carbocycles. The number of ether oxygens (including phenoxy) is 1. The van der Waals surface area contributed by atoms with E-state index in [1.54, 1.807) is 0 Å². The molecule has 82 valence electrons. The summed E-state index contributed by atoms with van der Waals surface area (Å²) in [5, 5.41) is 0. The van der Waals surface area contributed by atoms with Crippen LogP contribution < -0.4 is 0 Å². The summed E-state index contributed by atoms with van der Waals surface area (Å²) < 4.78 is 5.18. The summed E-state index contributed by atoms with van der Waals surface area (Å²) in [6, 6.07) is 7.87. The Morgan fingerprint density at radius 1 is 1.27 bits per heavy atom. The maximum absolute atomic E-state index is 5.78. The van der Waals surface area contributed by atoms with Gasteiger partial charge in [-0.15, -0.1) is 0 Å². The average Bonchev–Trinajstić information content (AvgIpc) is 2.83. The zero-order chi connectivity index (χ0) is 11.1. The first-order valence-corrected chi connectivity index (χ1v) is 6.31. The van der Waals surface area contributed by atoms with Gasteiger partial charge in [0.25, 0.3) is 0 Å². The smallest absolute Gasteiger partial charge is 0.193 e. The summed E-state index contributed by atoms with van der Waals surface area (Å²) in [4.78, 5) is 0. The van der Waals surface area contributed by atoms with Crippen LogP contribution in [0.2, 0.25) is 0 Å². The van der Waals surface area contributed by atoms with Crippen molar-refractivity contribution in [2.45, 2.75) is 15.8 Å². The van der Waals surface area contributed by atoms with E-state index in [9.17, 15) is 0 Å². The average molecular weight is 330 g/mol. The van der Waals surface area contributed by atoms with Crippen LogP contribution in [0.25, 0.3) is 0 Å². The van der Waals surface area contributed by atoms with Gasteiger partial charge in [-0.2, -0.15) is 0 Å². The van der Waals surface area contributed by atoms with E-state index in [2.05, 4.69) is 15.9 Å². The summed E-state index contributed by atoms with van der Waals surface area (Å²) in [7, 11) is 0. The Balaban J connectivity index is 2.20. The van der Waals surface area contributed by atoms with Gasteiger partial charge < -0.3 is 4.74 Å². The third-order valence-electron chi connectivity index (χ3n) is 2.35. The molecule has 5 heteroatoms. The van der Waals surface area contributed by atoms with Crippen molar-refractivity contribution < 1.29 is 4.74 Å². The van der Waals surface area contributed by atoms with Crippen LogP contribution in [-0.2, 0) is 10.3 Å². The first-order valence-electron chi connectivity index (χ1n) is 4.38. The van der Waals surface area contributed by atoms with E-state index in [-0.39, 0.29) is 0 Å². The molecule has 0 aliphatic carbocycles. The molecule has 0 saturated carbocycles. The molecule has 0 bridgehead atoms. The van der Waals surface area contributed by atoms with E-state index in [4.69, 9.17) is 39.5 Å². The van der Waals surface area contributed by atoms with Crippen LogP contribution in [-0.4, -0.2) is 10.4 Å². The molecular weight excluding hydrogens is 322 g/mol. The highest BCUT2D eigenvalue weighted by molar-refractivity contribution is 9.10. The van der Waals surface area contributed by atoms with Crippen molar-refractivity contribution >= 4 is 50.7 Å². The van der Waals surface area contributed by atoms with Crippen LogP contribution in [0.15, 0.2) is 28.7 Å². The van der Waals surface area contributed by atoms with Crippen LogP contribution in [0, 0.1) is 0 Å². The molecule has 1 nitrogen and oxygen atoms in total. The van der Waals surface area contributed by atoms with Gasteiger partial charge in [0.2, 0.25) is 0 Å². The molecule has 1 unspecified atom stereocenters. The van der Waals surface area contributed by atoms with Crippen molar-refractivity contribution in [3.63, 3.8) is 0 Å². The molecule has 1 atom stereocenters. The fraction of sp³-hybridized carbons (Fsp3) is 0.400. The summed E-state index contributed by atoms with van der Waals surface area (Å²) in [5.41, 5.74) is 0.656. The monoisotopic (exact) mass is 328 g/mol. The number of hydrogen-bond acceptors (Lipinski definition) is 1. The fourth-order valence-electron chi connectivity index (χ4n) is 1.54.